The number of carbonyl (C=O) groups is 1. The first-order chi connectivity index (χ1) is 9.97. The maximum Gasteiger partial charge on any atom is 0.262 e. The number of benzene rings is 2. The number of para-hydroxylation sites is 1. The molecule has 0 saturated heterocycles. The van der Waals surface area contributed by atoms with Gasteiger partial charge in [-0.1, -0.05) is 12.1 Å². The number of amides is 1. The first-order valence-electron chi connectivity index (χ1n) is 6.20. The number of nitrogens with two attached hydrogens (primary N) is 1. The Morgan fingerprint density at radius 2 is 1.90 bits per heavy atom. The average molecular weight is 414 g/mol. The van der Waals surface area contributed by atoms with Crippen LogP contribution in [0.25, 0.3) is 0 Å². The number of rotatable bonds is 4. The van der Waals surface area contributed by atoms with Gasteiger partial charge in [-0.3, -0.25) is 4.79 Å². The Bertz CT molecular complexity index is 654. The molecule has 110 valence electrons. The van der Waals surface area contributed by atoms with Gasteiger partial charge in [0.05, 0.1) is 8.95 Å². The van der Waals surface area contributed by atoms with Crippen molar-refractivity contribution in [3.63, 3.8) is 0 Å². The largest absolute Gasteiger partial charge is 0.481 e. The fraction of sp³-hybridized carbons (Fsp3) is 0.133. The molecule has 0 unspecified atom stereocenters. The van der Waals surface area contributed by atoms with Gasteiger partial charge in [-0.15, -0.1) is 0 Å². The maximum absolute atomic E-state index is 11.9. The van der Waals surface area contributed by atoms with Gasteiger partial charge < -0.3 is 15.8 Å². The Balaban J connectivity index is 1.97. The molecule has 0 aliphatic rings. The van der Waals surface area contributed by atoms with E-state index in [2.05, 4.69) is 37.2 Å². The van der Waals surface area contributed by atoms with Gasteiger partial charge in [-0.25, -0.2) is 0 Å². The second-order valence-corrected chi connectivity index (χ2v) is 6.17. The van der Waals surface area contributed by atoms with Crippen LogP contribution in [0.4, 0.5) is 11.4 Å². The molecule has 1 amide bonds. The maximum atomic E-state index is 11.9. The smallest absolute Gasteiger partial charge is 0.262 e. The number of nitrogen functional groups attached to an aromatic ring is 1. The monoisotopic (exact) mass is 412 g/mol. The molecule has 0 heterocycles. The topological polar surface area (TPSA) is 64.3 Å². The van der Waals surface area contributed by atoms with E-state index >= 15 is 0 Å². The van der Waals surface area contributed by atoms with Crippen LogP contribution in [0.3, 0.4) is 0 Å². The molecule has 0 bridgehead atoms. The zero-order valence-electron chi connectivity index (χ0n) is 11.3. The number of anilines is 2. The molecule has 0 spiro atoms. The van der Waals surface area contributed by atoms with Crippen LogP contribution in [0.1, 0.15) is 5.56 Å². The van der Waals surface area contributed by atoms with Gasteiger partial charge in [0.1, 0.15) is 5.75 Å². The fourth-order valence-electron chi connectivity index (χ4n) is 1.67. The van der Waals surface area contributed by atoms with Gasteiger partial charge in [-0.2, -0.15) is 0 Å². The highest BCUT2D eigenvalue weighted by molar-refractivity contribution is 9.11. The van der Waals surface area contributed by atoms with Crippen molar-refractivity contribution in [3.8, 4) is 5.75 Å². The Morgan fingerprint density at radius 3 is 2.52 bits per heavy atom. The minimum Gasteiger partial charge on any atom is -0.481 e. The van der Waals surface area contributed by atoms with E-state index in [1.807, 2.05) is 31.2 Å². The SMILES string of the molecule is Cc1ccc(NC(=O)COc2c(Br)cccc2Br)cc1N. The van der Waals surface area contributed by atoms with Gasteiger partial charge in [0.25, 0.3) is 5.91 Å². The number of ether oxygens (including phenoxy) is 1. The van der Waals surface area contributed by atoms with E-state index in [4.69, 9.17) is 10.5 Å². The number of nitrogens with one attached hydrogen (secondary N) is 1. The summed E-state index contributed by atoms with van der Waals surface area (Å²) in [6, 6.07) is 10.9. The van der Waals surface area contributed by atoms with Crippen molar-refractivity contribution in [2.24, 2.45) is 0 Å². The molecule has 0 radical (unpaired) electrons. The van der Waals surface area contributed by atoms with E-state index in [1.54, 1.807) is 12.1 Å². The van der Waals surface area contributed by atoms with Crippen molar-refractivity contribution >= 4 is 49.1 Å². The summed E-state index contributed by atoms with van der Waals surface area (Å²) in [5.41, 5.74) is 8.07. The Morgan fingerprint density at radius 1 is 1.24 bits per heavy atom. The van der Waals surface area contributed by atoms with Crippen LogP contribution in [-0.4, -0.2) is 12.5 Å². The Kier molecular flexibility index (Phi) is 5.25. The first-order valence-corrected chi connectivity index (χ1v) is 7.79. The number of hydrogen-bond donors (Lipinski definition) is 2. The summed E-state index contributed by atoms with van der Waals surface area (Å²) in [7, 11) is 0. The molecule has 0 saturated carbocycles. The number of aryl methyl sites for hydroxylation is 1. The highest BCUT2D eigenvalue weighted by atomic mass is 79.9. The standard InChI is InChI=1S/C15H14Br2N2O2/c1-9-5-6-10(7-13(9)18)19-14(20)8-21-15-11(16)3-2-4-12(15)17/h2-7H,8,18H2,1H3,(H,19,20). The summed E-state index contributed by atoms with van der Waals surface area (Å²) in [4.78, 5) is 11.9. The van der Waals surface area contributed by atoms with Crippen molar-refractivity contribution < 1.29 is 9.53 Å². The van der Waals surface area contributed by atoms with Crippen molar-refractivity contribution in [3.05, 3.63) is 50.9 Å². The third kappa shape index (κ3) is 4.22. The van der Waals surface area contributed by atoms with Crippen LogP contribution in [-0.2, 0) is 4.79 Å². The number of hydrogen-bond acceptors (Lipinski definition) is 3. The minimum absolute atomic E-state index is 0.0883. The number of carbonyl (C=O) groups excluding carboxylic acids is 1. The number of halogens is 2. The van der Waals surface area contributed by atoms with Gasteiger partial charge in [-0.05, 0) is 68.6 Å². The highest BCUT2D eigenvalue weighted by Crippen LogP contribution is 2.32. The average Bonchev–Trinajstić information content (AvgIpc) is 2.42. The molecule has 0 aliphatic heterocycles. The molecule has 0 fully saturated rings. The third-order valence-electron chi connectivity index (χ3n) is 2.83. The van der Waals surface area contributed by atoms with Crippen molar-refractivity contribution in [1.82, 2.24) is 0 Å². The second kappa shape index (κ2) is 6.95. The first kappa shape index (κ1) is 15.9. The predicted octanol–water partition coefficient (Wildman–Crippen LogP) is 4.12. The molecule has 3 N–H and O–H groups in total. The zero-order valence-corrected chi connectivity index (χ0v) is 14.5. The molecular formula is C15H14Br2N2O2. The summed E-state index contributed by atoms with van der Waals surface area (Å²) in [6.45, 7) is 1.82. The zero-order chi connectivity index (χ0) is 15.4. The van der Waals surface area contributed by atoms with Gasteiger partial charge in [0, 0.05) is 11.4 Å². The molecule has 0 aliphatic carbocycles. The fourth-order valence-corrected chi connectivity index (χ4v) is 2.90. The molecular weight excluding hydrogens is 400 g/mol. The van der Waals surface area contributed by atoms with Crippen molar-refractivity contribution in [2.75, 3.05) is 17.7 Å². The normalized spacial score (nSPS) is 10.2. The molecule has 2 rings (SSSR count). The minimum atomic E-state index is -0.249. The summed E-state index contributed by atoms with van der Waals surface area (Å²) >= 11 is 6.76. The highest BCUT2D eigenvalue weighted by Gasteiger charge is 2.09. The Hall–Kier alpha value is -1.53. The van der Waals surface area contributed by atoms with Crippen LogP contribution in [0.2, 0.25) is 0 Å². The lowest BCUT2D eigenvalue weighted by Gasteiger charge is -2.11. The predicted molar refractivity (Wildman–Crippen MR) is 91.6 cm³/mol. The van der Waals surface area contributed by atoms with Gasteiger partial charge in [0.2, 0.25) is 0 Å². The lowest BCUT2D eigenvalue weighted by molar-refractivity contribution is -0.118. The van der Waals surface area contributed by atoms with Gasteiger partial charge in [0.15, 0.2) is 6.61 Å². The third-order valence-corrected chi connectivity index (χ3v) is 4.08. The van der Waals surface area contributed by atoms with Crippen LogP contribution in [0.5, 0.6) is 5.75 Å². The van der Waals surface area contributed by atoms with E-state index in [1.165, 1.54) is 0 Å². The molecule has 6 heteroatoms. The molecule has 2 aromatic rings. The van der Waals surface area contributed by atoms with Crippen molar-refractivity contribution in [2.45, 2.75) is 6.92 Å². The van der Waals surface area contributed by atoms with E-state index in [9.17, 15) is 4.79 Å². The van der Waals surface area contributed by atoms with Crippen LogP contribution < -0.4 is 15.8 Å². The lowest BCUT2D eigenvalue weighted by atomic mass is 10.2. The summed E-state index contributed by atoms with van der Waals surface area (Å²) in [5, 5.41) is 2.74. The van der Waals surface area contributed by atoms with Crippen LogP contribution >= 0.6 is 31.9 Å². The summed E-state index contributed by atoms with van der Waals surface area (Å²) < 4.78 is 7.08. The quantitative estimate of drug-likeness (QED) is 0.741. The van der Waals surface area contributed by atoms with E-state index < -0.39 is 0 Å². The molecule has 21 heavy (non-hydrogen) atoms. The molecule has 0 atom stereocenters. The summed E-state index contributed by atoms with van der Waals surface area (Å²) in [6.07, 6.45) is 0. The molecule has 4 nitrogen and oxygen atoms in total. The van der Waals surface area contributed by atoms with Crippen LogP contribution in [0.15, 0.2) is 45.3 Å². The molecule has 2 aromatic carbocycles. The lowest BCUT2D eigenvalue weighted by Crippen LogP contribution is -2.20. The Labute approximate surface area is 139 Å². The molecule has 0 aromatic heterocycles. The van der Waals surface area contributed by atoms with E-state index in [0.717, 1.165) is 14.5 Å². The van der Waals surface area contributed by atoms with Gasteiger partial charge >= 0.3 is 0 Å². The van der Waals surface area contributed by atoms with Crippen molar-refractivity contribution in [1.29, 1.82) is 0 Å². The van der Waals surface area contributed by atoms with E-state index in [0.29, 0.717) is 17.1 Å². The van der Waals surface area contributed by atoms with Crippen LogP contribution in [0, 0.1) is 6.92 Å². The second-order valence-electron chi connectivity index (χ2n) is 4.46. The van der Waals surface area contributed by atoms with E-state index in [-0.39, 0.29) is 12.5 Å². The summed E-state index contributed by atoms with van der Waals surface area (Å²) in [5.74, 6) is 0.344.